The summed E-state index contributed by atoms with van der Waals surface area (Å²) in [5.41, 5.74) is 3.59. The van der Waals surface area contributed by atoms with Crippen molar-refractivity contribution in [2.24, 2.45) is 0 Å². The van der Waals surface area contributed by atoms with Crippen molar-refractivity contribution in [1.29, 1.82) is 0 Å². The summed E-state index contributed by atoms with van der Waals surface area (Å²) in [6.07, 6.45) is 1.81. The van der Waals surface area contributed by atoms with Gasteiger partial charge in [-0.15, -0.1) is 0 Å². The Morgan fingerprint density at radius 2 is 2.11 bits per heavy atom. The Morgan fingerprint density at radius 3 is 2.78 bits per heavy atom. The highest BCUT2D eigenvalue weighted by Gasteiger charge is 2.13. The molecule has 0 aliphatic rings. The largest absolute Gasteiger partial charge is 0.439 e. The second kappa shape index (κ2) is 5.36. The van der Waals surface area contributed by atoms with E-state index in [1.165, 1.54) is 11.1 Å². The van der Waals surface area contributed by atoms with Crippen molar-refractivity contribution in [2.75, 3.05) is 6.54 Å². The van der Waals surface area contributed by atoms with Gasteiger partial charge in [-0.2, -0.15) is 0 Å². The van der Waals surface area contributed by atoms with E-state index in [1.807, 2.05) is 0 Å². The lowest BCUT2D eigenvalue weighted by Crippen LogP contribution is -2.17. The van der Waals surface area contributed by atoms with Crippen molar-refractivity contribution in [1.82, 2.24) is 10.3 Å². The maximum absolute atomic E-state index is 5.83. The van der Waals surface area contributed by atoms with Crippen molar-refractivity contribution in [3.8, 4) is 11.3 Å². The van der Waals surface area contributed by atoms with E-state index in [2.05, 4.69) is 56.2 Å². The van der Waals surface area contributed by atoms with E-state index < -0.39 is 0 Å². The lowest BCUT2D eigenvalue weighted by atomic mass is 10.0. The van der Waals surface area contributed by atoms with Crippen LogP contribution in [0.4, 0.5) is 0 Å². The minimum Gasteiger partial charge on any atom is -0.439 e. The Morgan fingerprint density at radius 1 is 1.33 bits per heavy atom. The monoisotopic (exact) mass is 244 g/mol. The van der Waals surface area contributed by atoms with Gasteiger partial charge in [0.1, 0.15) is 0 Å². The Labute approximate surface area is 108 Å². The van der Waals surface area contributed by atoms with Gasteiger partial charge in [0, 0.05) is 5.56 Å². The minimum atomic E-state index is 0.148. The zero-order valence-electron chi connectivity index (χ0n) is 11.4. The predicted octanol–water partition coefficient (Wildman–Crippen LogP) is 3.63. The van der Waals surface area contributed by atoms with Gasteiger partial charge in [0.15, 0.2) is 5.76 Å². The summed E-state index contributed by atoms with van der Waals surface area (Å²) in [6.45, 7) is 9.22. The first-order valence-corrected chi connectivity index (χ1v) is 6.38. The van der Waals surface area contributed by atoms with Crippen LogP contribution in [0.3, 0.4) is 0 Å². The van der Waals surface area contributed by atoms with Crippen molar-refractivity contribution < 1.29 is 4.42 Å². The van der Waals surface area contributed by atoms with Crippen LogP contribution in [0, 0.1) is 13.8 Å². The molecule has 0 amide bonds. The molecule has 0 spiro atoms. The number of nitrogens with one attached hydrogen (secondary N) is 1. The Bertz CT molecular complexity index is 531. The van der Waals surface area contributed by atoms with Gasteiger partial charge in [0.05, 0.1) is 12.2 Å². The van der Waals surface area contributed by atoms with Crippen LogP contribution >= 0.6 is 0 Å². The van der Waals surface area contributed by atoms with E-state index in [-0.39, 0.29) is 6.04 Å². The lowest BCUT2D eigenvalue weighted by molar-refractivity contribution is 0.429. The predicted molar refractivity (Wildman–Crippen MR) is 73.5 cm³/mol. The number of aromatic nitrogens is 1. The van der Waals surface area contributed by atoms with E-state index in [0.29, 0.717) is 0 Å². The summed E-state index contributed by atoms with van der Waals surface area (Å²) in [5, 5.41) is 3.29. The van der Waals surface area contributed by atoms with Crippen LogP contribution in [0.5, 0.6) is 0 Å². The fourth-order valence-corrected chi connectivity index (χ4v) is 2.10. The van der Waals surface area contributed by atoms with Gasteiger partial charge >= 0.3 is 0 Å². The van der Waals surface area contributed by atoms with E-state index >= 15 is 0 Å². The molecule has 1 N–H and O–H groups in total. The zero-order chi connectivity index (χ0) is 13.1. The normalized spacial score (nSPS) is 12.7. The number of oxazole rings is 1. The molecule has 18 heavy (non-hydrogen) atoms. The number of aryl methyl sites for hydroxylation is 2. The first-order valence-electron chi connectivity index (χ1n) is 6.38. The molecular weight excluding hydrogens is 224 g/mol. The van der Waals surface area contributed by atoms with Gasteiger partial charge < -0.3 is 9.73 Å². The molecular formula is C15H20N2O. The SMILES string of the molecule is CCNC(C)c1ncc(-c2ccc(C)cc2C)o1. The fourth-order valence-electron chi connectivity index (χ4n) is 2.10. The molecule has 0 aliphatic heterocycles. The van der Waals surface area contributed by atoms with Crippen molar-refractivity contribution >= 4 is 0 Å². The van der Waals surface area contributed by atoms with E-state index in [9.17, 15) is 0 Å². The molecule has 2 rings (SSSR count). The molecule has 2 aromatic rings. The summed E-state index contributed by atoms with van der Waals surface area (Å²) in [6, 6.07) is 6.49. The fraction of sp³-hybridized carbons (Fsp3) is 0.400. The van der Waals surface area contributed by atoms with Crippen molar-refractivity contribution in [3.05, 3.63) is 41.4 Å². The van der Waals surface area contributed by atoms with E-state index in [4.69, 9.17) is 4.42 Å². The molecule has 1 atom stereocenters. The highest BCUT2D eigenvalue weighted by molar-refractivity contribution is 5.61. The summed E-state index contributed by atoms with van der Waals surface area (Å²) in [5.74, 6) is 1.58. The quantitative estimate of drug-likeness (QED) is 0.892. The lowest BCUT2D eigenvalue weighted by Gasteiger charge is -2.07. The van der Waals surface area contributed by atoms with Crippen LogP contribution in [-0.2, 0) is 0 Å². The third kappa shape index (κ3) is 2.62. The smallest absolute Gasteiger partial charge is 0.211 e. The van der Waals surface area contributed by atoms with E-state index in [0.717, 1.165) is 23.8 Å². The minimum absolute atomic E-state index is 0.148. The molecule has 1 unspecified atom stereocenters. The third-order valence-electron chi connectivity index (χ3n) is 3.05. The number of nitrogens with zero attached hydrogens (tertiary/aromatic N) is 1. The van der Waals surface area contributed by atoms with E-state index in [1.54, 1.807) is 6.20 Å². The van der Waals surface area contributed by atoms with Crippen LogP contribution < -0.4 is 5.32 Å². The second-order valence-corrected chi connectivity index (χ2v) is 4.66. The van der Waals surface area contributed by atoms with Gasteiger partial charge in [-0.05, 0) is 32.9 Å². The van der Waals surface area contributed by atoms with Crippen LogP contribution in [-0.4, -0.2) is 11.5 Å². The van der Waals surface area contributed by atoms with Gasteiger partial charge in [-0.1, -0.05) is 30.7 Å². The number of benzene rings is 1. The highest BCUT2D eigenvalue weighted by Crippen LogP contribution is 2.26. The third-order valence-corrected chi connectivity index (χ3v) is 3.05. The maximum atomic E-state index is 5.83. The Kier molecular flexibility index (Phi) is 3.82. The maximum Gasteiger partial charge on any atom is 0.211 e. The molecule has 0 saturated carbocycles. The molecule has 0 bridgehead atoms. The molecule has 0 saturated heterocycles. The van der Waals surface area contributed by atoms with Crippen LogP contribution in [0.2, 0.25) is 0 Å². The molecule has 0 radical (unpaired) electrons. The van der Waals surface area contributed by atoms with Crippen LogP contribution in [0.1, 0.15) is 36.9 Å². The van der Waals surface area contributed by atoms with Gasteiger partial charge in [-0.3, -0.25) is 0 Å². The molecule has 0 aliphatic carbocycles. The topological polar surface area (TPSA) is 38.1 Å². The Hall–Kier alpha value is -1.61. The van der Waals surface area contributed by atoms with Crippen LogP contribution in [0.25, 0.3) is 11.3 Å². The summed E-state index contributed by atoms with van der Waals surface area (Å²) >= 11 is 0. The molecule has 96 valence electrons. The molecule has 1 aromatic carbocycles. The average Bonchev–Trinajstić information content (AvgIpc) is 2.78. The average molecular weight is 244 g/mol. The standard InChI is InChI=1S/C15H20N2O/c1-5-16-12(4)15-17-9-14(18-15)13-7-6-10(2)8-11(13)3/h6-9,12,16H,5H2,1-4H3. The summed E-state index contributed by atoms with van der Waals surface area (Å²) in [4.78, 5) is 4.35. The highest BCUT2D eigenvalue weighted by atomic mass is 16.4. The first-order chi connectivity index (χ1) is 8.61. The van der Waals surface area contributed by atoms with Crippen molar-refractivity contribution in [2.45, 2.75) is 33.7 Å². The summed E-state index contributed by atoms with van der Waals surface area (Å²) < 4.78 is 5.83. The molecule has 3 nitrogen and oxygen atoms in total. The first kappa shape index (κ1) is 12.8. The number of hydrogen-bond donors (Lipinski definition) is 1. The number of hydrogen-bond acceptors (Lipinski definition) is 3. The Balaban J connectivity index is 2.29. The van der Waals surface area contributed by atoms with Crippen molar-refractivity contribution in [3.63, 3.8) is 0 Å². The van der Waals surface area contributed by atoms with Crippen LogP contribution in [0.15, 0.2) is 28.8 Å². The zero-order valence-corrected chi connectivity index (χ0v) is 11.4. The molecule has 3 heteroatoms. The number of rotatable bonds is 4. The van der Waals surface area contributed by atoms with Gasteiger partial charge in [-0.25, -0.2) is 4.98 Å². The second-order valence-electron chi connectivity index (χ2n) is 4.66. The van der Waals surface area contributed by atoms with Gasteiger partial charge in [0.25, 0.3) is 0 Å². The molecule has 1 aromatic heterocycles. The molecule has 0 fully saturated rings. The summed E-state index contributed by atoms with van der Waals surface area (Å²) in [7, 11) is 0. The van der Waals surface area contributed by atoms with Gasteiger partial charge in [0.2, 0.25) is 5.89 Å². The molecule has 1 heterocycles.